The van der Waals surface area contributed by atoms with Crippen LogP contribution in [0.5, 0.6) is 0 Å². The Bertz CT molecular complexity index is 342. The normalized spacial score (nSPS) is 17.2. The topological polar surface area (TPSA) is 12.5 Å². The smallest absolute Gasteiger partial charge is 0.123 e. The van der Waals surface area contributed by atoms with Gasteiger partial charge in [0.15, 0.2) is 0 Å². The van der Waals surface area contributed by atoms with Gasteiger partial charge >= 0.3 is 0 Å². The zero-order chi connectivity index (χ0) is 11.9. The first-order valence-corrected chi connectivity index (χ1v) is 7.12. The van der Waals surface area contributed by atoms with Crippen LogP contribution < -0.4 is 0 Å². The summed E-state index contributed by atoms with van der Waals surface area (Å²) >= 11 is 1.86. The van der Waals surface area contributed by atoms with Gasteiger partial charge in [0, 0.05) is 31.1 Å². The quantitative estimate of drug-likeness (QED) is 0.750. The van der Waals surface area contributed by atoms with Gasteiger partial charge in [0.25, 0.3) is 0 Å². The SMILES string of the molecule is Fc1cccc(CSCCN2CCOCC2)c1. The lowest BCUT2D eigenvalue weighted by Crippen LogP contribution is -2.37. The van der Waals surface area contributed by atoms with E-state index in [1.807, 2.05) is 17.8 Å². The van der Waals surface area contributed by atoms with Crippen molar-refractivity contribution < 1.29 is 9.13 Å². The molecule has 17 heavy (non-hydrogen) atoms. The molecule has 0 N–H and O–H groups in total. The Balaban J connectivity index is 1.62. The molecule has 1 aliphatic rings. The molecule has 0 atom stereocenters. The highest BCUT2D eigenvalue weighted by Crippen LogP contribution is 2.13. The van der Waals surface area contributed by atoms with Crippen LogP contribution in [0.25, 0.3) is 0 Å². The van der Waals surface area contributed by atoms with Crippen LogP contribution in [-0.2, 0) is 10.5 Å². The molecule has 1 heterocycles. The van der Waals surface area contributed by atoms with Gasteiger partial charge in [-0.05, 0) is 17.7 Å². The van der Waals surface area contributed by atoms with Crippen molar-refractivity contribution in [1.82, 2.24) is 4.90 Å². The van der Waals surface area contributed by atoms with E-state index in [0.717, 1.165) is 49.9 Å². The molecule has 4 heteroatoms. The van der Waals surface area contributed by atoms with Gasteiger partial charge < -0.3 is 4.74 Å². The third kappa shape index (κ3) is 4.66. The van der Waals surface area contributed by atoms with Crippen molar-refractivity contribution in [2.75, 3.05) is 38.6 Å². The van der Waals surface area contributed by atoms with Gasteiger partial charge in [-0.3, -0.25) is 4.90 Å². The number of ether oxygens (including phenoxy) is 1. The number of rotatable bonds is 5. The third-order valence-electron chi connectivity index (χ3n) is 2.81. The lowest BCUT2D eigenvalue weighted by atomic mass is 10.2. The van der Waals surface area contributed by atoms with E-state index in [2.05, 4.69) is 4.90 Å². The fourth-order valence-electron chi connectivity index (χ4n) is 1.84. The van der Waals surface area contributed by atoms with Crippen molar-refractivity contribution in [3.8, 4) is 0 Å². The zero-order valence-electron chi connectivity index (χ0n) is 9.90. The van der Waals surface area contributed by atoms with Crippen molar-refractivity contribution >= 4 is 11.8 Å². The molecule has 0 aromatic heterocycles. The van der Waals surface area contributed by atoms with Crippen LogP contribution in [0, 0.1) is 5.82 Å². The van der Waals surface area contributed by atoms with Crippen molar-refractivity contribution in [2.45, 2.75) is 5.75 Å². The molecular weight excluding hydrogens is 237 g/mol. The molecule has 94 valence electrons. The van der Waals surface area contributed by atoms with Gasteiger partial charge in [0.1, 0.15) is 5.82 Å². The predicted octanol–water partition coefficient (Wildman–Crippen LogP) is 2.39. The van der Waals surface area contributed by atoms with E-state index in [4.69, 9.17) is 4.74 Å². The van der Waals surface area contributed by atoms with Gasteiger partial charge in [0.2, 0.25) is 0 Å². The Hall–Kier alpha value is -0.580. The van der Waals surface area contributed by atoms with E-state index in [0.29, 0.717) is 0 Å². The molecule has 2 rings (SSSR count). The molecular formula is C13H18FNOS. The van der Waals surface area contributed by atoms with E-state index in [1.54, 1.807) is 12.1 Å². The van der Waals surface area contributed by atoms with Crippen LogP contribution in [0.3, 0.4) is 0 Å². The Morgan fingerprint density at radius 2 is 2.12 bits per heavy atom. The first kappa shape index (κ1) is 12.9. The molecule has 0 radical (unpaired) electrons. The fourth-order valence-corrected chi connectivity index (χ4v) is 2.78. The maximum Gasteiger partial charge on any atom is 0.123 e. The van der Waals surface area contributed by atoms with Crippen LogP contribution in [-0.4, -0.2) is 43.5 Å². The van der Waals surface area contributed by atoms with Gasteiger partial charge in [-0.2, -0.15) is 11.8 Å². The van der Waals surface area contributed by atoms with Crippen molar-refractivity contribution in [1.29, 1.82) is 0 Å². The van der Waals surface area contributed by atoms with Crippen LogP contribution in [0.1, 0.15) is 5.56 Å². The van der Waals surface area contributed by atoms with Crippen LogP contribution in [0.2, 0.25) is 0 Å². The summed E-state index contributed by atoms with van der Waals surface area (Å²) in [7, 11) is 0. The van der Waals surface area contributed by atoms with E-state index in [1.165, 1.54) is 6.07 Å². The lowest BCUT2D eigenvalue weighted by molar-refractivity contribution is 0.0410. The number of morpholine rings is 1. The molecule has 1 aliphatic heterocycles. The fraction of sp³-hybridized carbons (Fsp3) is 0.538. The summed E-state index contributed by atoms with van der Waals surface area (Å²) in [6.07, 6.45) is 0. The minimum Gasteiger partial charge on any atom is -0.379 e. The Labute approximate surface area is 106 Å². The number of hydrogen-bond acceptors (Lipinski definition) is 3. The average molecular weight is 255 g/mol. The molecule has 0 unspecified atom stereocenters. The van der Waals surface area contributed by atoms with Crippen molar-refractivity contribution in [3.05, 3.63) is 35.6 Å². The molecule has 2 nitrogen and oxygen atoms in total. The number of benzene rings is 1. The Morgan fingerprint density at radius 3 is 2.88 bits per heavy atom. The summed E-state index contributed by atoms with van der Waals surface area (Å²) in [4.78, 5) is 2.42. The second-order valence-corrected chi connectivity index (χ2v) is 5.24. The minimum absolute atomic E-state index is 0.142. The summed E-state index contributed by atoms with van der Waals surface area (Å²) in [5, 5.41) is 0. The molecule has 1 saturated heterocycles. The Morgan fingerprint density at radius 1 is 1.29 bits per heavy atom. The van der Waals surface area contributed by atoms with E-state index >= 15 is 0 Å². The summed E-state index contributed by atoms with van der Waals surface area (Å²) in [5.74, 6) is 1.84. The van der Waals surface area contributed by atoms with Crippen molar-refractivity contribution in [2.24, 2.45) is 0 Å². The Kier molecular flexibility index (Phi) is 5.29. The lowest BCUT2D eigenvalue weighted by Gasteiger charge is -2.26. The van der Waals surface area contributed by atoms with Gasteiger partial charge in [-0.1, -0.05) is 12.1 Å². The van der Waals surface area contributed by atoms with Crippen LogP contribution >= 0.6 is 11.8 Å². The molecule has 1 aromatic rings. The first-order chi connectivity index (χ1) is 8.34. The summed E-state index contributed by atoms with van der Waals surface area (Å²) in [6.45, 7) is 4.90. The average Bonchev–Trinajstić information content (AvgIpc) is 2.36. The molecule has 0 aliphatic carbocycles. The standard InChI is InChI=1S/C13H18FNOS/c14-13-3-1-2-12(10-13)11-17-9-6-15-4-7-16-8-5-15/h1-3,10H,4-9,11H2. The molecule has 0 spiro atoms. The zero-order valence-corrected chi connectivity index (χ0v) is 10.7. The molecule has 0 amide bonds. The van der Waals surface area contributed by atoms with E-state index in [-0.39, 0.29) is 5.82 Å². The summed E-state index contributed by atoms with van der Waals surface area (Å²) < 4.78 is 18.2. The highest BCUT2D eigenvalue weighted by molar-refractivity contribution is 7.98. The maximum atomic E-state index is 12.9. The van der Waals surface area contributed by atoms with Gasteiger partial charge in [0.05, 0.1) is 13.2 Å². The second kappa shape index (κ2) is 6.99. The number of hydrogen-bond donors (Lipinski definition) is 0. The van der Waals surface area contributed by atoms with E-state index in [9.17, 15) is 4.39 Å². The highest BCUT2D eigenvalue weighted by Gasteiger charge is 2.09. The largest absolute Gasteiger partial charge is 0.379 e. The minimum atomic E-state index is -0.142. The molecule has 0 bridgehead atoms. The number of thioether (sulfide) groups is 1. The first-order valence-electron chi connectivity index (χ1n) is 5.97. The monoisotopic (exact) mass is 255 g/mol. The molecule has 1 fully saturated rings. The summed E-state index contributed by atoms with van der Waals surface area (Å²) in [5.41, 5.74) is 1.07. The second-order valence-electron chi connectivity index (χ2n) is 4.14. The number of nitrogens with zero attached hydrogens (tertiary/aromatic N) is 1. The summed E-state index contributed by atoms with van der Waals surface area (Å²) in [6, 6.07) is 6.85. The van der Waals surface area contributed by atoms with Crippen molar-refractivity contribution in [3.63, 3.8) is 0 Å². The highest BCUT2D eigenvalue weighted by atomic mass is 32.2. The third-order valence-corrected chi connectivity index (χ3v) is 3.82. The van der Waals surface area contributed by atoms with Gasteiger partial charge in [-0.15, -0.1) is 0 Å². The predicted molar refractivity (Wildman–Crippen MR) is 69.8 cm³/mol. The van der Waals surface area contributed by atoms with E-state index < -0.39 is 0 Å². The molecule has 1 aromatic carbocycles. The van der Waals surface area contributed by atoms with Gasteiger partial charge in [-0.25, -0.2) is 4.39 Å². The van der Waals surface area contributed by atoms with Crippen LogP contribution in [0.15, 0.2) is 24.3 Å². The number of halogens is 1. The molecule has 0 saturated carbocycles. The maximum absolute atomic E-state index is 12.9. The van der Waals surface area contributed by atoms with Crippen LogP contribution in [0.4, 0.5) is 4.39 Å².